The van der Waals surface area contributed by atoms with Gasteiger partial charge in [0.25, 0.3) is 5.91 Å². The van der Waals surface area contributed by atoms with Gasteiger partial charge in [0.05, 0.1) is 24.3 Å². The smallest absolute Gasteiger partial charge is 0.408 e. The fourth-order valence-electron chi connectivity index (χ4n) is 10.3. The Hall–Kier alpha value is -4.42. The van der Waals surface area contributed by atoms with Crippen molar-refractivity contribution in [3.63, 3.8) is 0 Å². The molecule has 316 valence electrons. The number of hydrogen-bond acceptors (Lipinski definition) is 11. The van der Waals surface area contributed by atoms with Gasteiger partial charge in [0, 0.05) is 18.5 Å². The molecule has 4 bridgehead atoms. The minimum absolute atomic E-state index is 0.104. The summed E-state index contributed by atoms with van der Waals surface area (Å²) in [7, 11) is -2.59. The zero-order valence-electron chi connectivity index (χ0n) is 33.2. The number of hydrogen-bond donors (Lipinski definition) is 3. The van der Waals surface area contributed by atoms with E-state index in [1.807, 2.05) is 25.5 Å². The molecule has 19 heteroatoms. The number of carbonyl (C=O) groups excluding carboxylic acids is 4. The molecule has 1 aliphatic heterocycles. The molecule has 5 atom stereocenters. The van der Waals surface area contributed by atoms with Crippen LogP contribution in [-0.4, -0.2) is 106 Å². The van der Waals surface area contributed by atoms with Crippen molar-refractivity contribution in [2.45, 2.75) is 132 Å². The van der Waals surface area contributed by atoms with Crippen molar-refractivity contribution in [1.82, 2.24) is 40.5 Å². The molecule has 1 unspecified atom stereocenters. The van der Waals surface area contributed by atoms with Gasteiger partial charge in [-0.1, -0.05) is 20.8 Å². The third-order valence-corrected chi connectivity index (χ3v) is 14.8. The minimum atomic E-state index is -4.13. The monoisotopic (exact) mass is 830 g/mol. The average Bonchev–Trinajstić information content (AvgIpc) is 4.02. The van der Waals surface area contributed by atoms with E-state index in [2.05, 4.69) is 26.0 Å². The fourth-order valence-corrected chi connectivity index (χ4v) is 11.6. The summed E-state index contributed by atoms with van der Waals surface area (Å²) in [5.41, 5.74) is -2.65. The summed E-state index contributed by atoms with van der Waals surface area (Å²) in [6, 6.07) is 3.72. The number of halogens is 2. The first-order valence-corrected chi connectivity index (χ1v) is 21.8. The van der Waals surface area contributed by atoms with Crippen LogP contribution in [0.5, 0.6) is 5.75 Å². The maximum atomic E-state index is 14.8. The van der Waals surface area contributed by atoms with Gasteiger partial charge < -0.3 is 25.0 Å². The normalized spacial score (nSPS) is 31.8. The first-order chi connectivity index (χ1) is 27.4. The molecule has 1 aromatic carbocycles. The van der Waals surface area contributed by atoms with E-state index in [1.165, 1.54) is 16.8 Å². The van der Waals surface area contributed by atoms with Crippen LogP contribution in [0.1, 0.15) is 97.4 Å². The van der Waals surface area contributed by atoms with Crippen LogP contribution in [0.15, 0.2) is 24.3 Å². The highest BCUT2D eigenvalue weighted by molar-refractivity contribution is 7.91. The highest BCUT2D eigenvalue weighted by Gasteiger charge is 2.67. The number of benzene rings is 1. The molecule has 9 rings (SSSR count). The second kappa shape index (κ2) is 14.7. The number of nitrogens with zero attached hydrogens (tertiary/aromatic N) is 5. The van der Waals surface area contributed by atoms with Crippen LogP contribution in [0.4, 0.5) is 13.6 Å². The van der Waals surface area contributed by atoms with Crippen molar-refractivity contribution in [3.05, 3.63) is 24.3 Å². The Kier molecular flexibility index (Phi) is 10.2. The number of rotatable bonds is 13. The predicted octanol–water partition coefficient (Wildman–Crippen LogP) is 3.74. The number of amides is 4. The molecule has 1 aromatic heterocycles. The molecular formula is C39H52F2N8O8S. The molecule has 7 aliphatic rings. The van der Waals surface area contributed by atoms with Crippen LogP contribution in [0.3, 0.4) is 0 Å². The van der Waals surface area contributed by atoms with Crippen LogP contribution >= 0.6 is 0 Å². The fraction of sp³-hybridized carbons (Fsp3) is 0.718. The first kappa shape index (κ1) is 40.4. The number of sulfonamides is 1. The quantitative estimate of drug-likeness (QED) is 0.265. The van der Waals surface area contributed by atoms with E-state index in [9.17, 15) is 36.4 Å². The van der Waals surface area contributed by atoms with E-state index < -0.39 is 92.5 Å². The van der Waals surface area contributed by atoms with Gasteiger partial charge in [-0.15, -0.1) is 10.2 Å². The van der Waals surface area contributed by atoms with Crippen LogP contribution in [0.25, 0.3) is 11.4 Å². The zero-order chi connectivity index (χ0) is 41.4. The number of ether oxygens (including phenoxy) is 2. The summed E-state index contributed by atoms with van der Waals surface area (Å²) < 4.78 is 67.2. The molecule has 16 nitrogen and oxygen atoms in total. The Balaban J connectivity index is 1.06. The highest BCUT2D eigenvalue weighted by atomic mass is 32.2. The summed E-state index contributed by atoms with van der Waals surface area (Å²) in [4.78, 5) is 58.9. The van der Waals surface area contributed by atoms with Crippen LogP contribution < -0.4 is 20.1 Å². The standard InChI is InChI=1S/C39H52F2N8O8S/c1-37(2,3)19-29(42-36(53)57-38-15-21-11-22(16-38)13-23(12-21)17-38)34(51)48-20-25(49-45-32(44-47-49)24-5-7-26(56-4)8-6-24)14-30(48)33(50)43-39(18-28(39)31(40)41)35(52)46-58(54,55)27-9-10-27/h5-8,21-23,25,27-31H,9-20H2,1-4H3,(H,42,53)(H,43,50)(H,46,52)/t21?,22?,23?,25-,28+,29+,30?,38?,39-/m1/s1. The summed E-state index contributed by atoms with van der Waals surface area (Å²) in [5, 5.41) is 17.4. The van der Waals surface area contributed by atoms with Crippen molar-refractivity contribution < 1.29 is 45.9 Å². The van der Waals surface area contributed by atoms with Gasteiger partial charge in [0.1, 0.15) is 29.0 Å². The topological polar surface area (TPSA) is 204 Å². The third-order valence-electron chi connectivity index (χ3n) is 12.9. The van der Waals surface area contributed by atoms with Crippen molar-refractivity contribution >= 4 is 33.8 Å². The maximum absolute atomic E-state index is 14.8. The van der Waals surface area contributed by atoms with Gasteiger partial charge in [-0.05, 0) is 117 Å². The largest absolute Gasteiger partial charge is 0.497 e. The maximum Gasteiger partial charge on any atom is 0.408 e. The number of alkyl carbamates (subject to hydrolysis) is 1. The summed E-state index contributed by atoms with van der Waals surface area (Å²) >= 11 is 0. The number of nitrogens with one attached hydrogen (secondary N) is 3. The second-order valence-electron chi connectivity index (χ2n) is 18.8. The summed E-state index contributed by atoms with van der Waals surface area (Å²) in [6.07, 6.45) is 2.29. The lowest BCUT2D eigenvalue weighted by Gasteiger charge is -2.55. The van der Waals surface area contributed by atoms with E-state index in [4.69, 9.17) is 9.47 Å². The Morgan fingerprint density at radius 3 is 2.16 bits per heavy atom. The number of tetrazole rings is 1. The molecule has 58 heavy (non-hydrogen) atoms. The first-order valence-electron chi connectivity index (χ1n) is 20.3. The lowest BCUT2D eigenvalue weighted by molar-refractivity contribution is -0.143. The average molecular weight is 831 g/mol. The van der Waals surface area contributed by atoms with Gasteiger partial charge >= 0.3 is 6.09 Å². The molecule has 7 fully saturated rings. The van der Waals surface area contributed by atoms with E-state index in [0.29, 0.717) is 41.9 Å². The van der Waals surface area contributed by atoms with E-state index in [-0.39, 0.29) is 25.2 Å². The number of alkyl halides is 2. The Morgan fingerprint density at radius 2 is 1.60 bits per heavy atom. The molecule has 6 saturated carbocycles. The molecule has 2 aromatic rings. The molecule has 0 radical (unpaired) electrons. The Morgan fingerprint density at radius 1 is 0.966 bits per heavy atom. The van der Waals surface area contributed by atoms with Crippen LogP contribution in [0, 0.1) is 29.1 Å². The molecule has 0 spiro atoms. The van der Waals surface area contributed by atoms with Gasteiger partial charge in [-0.2, -0.15) is 4.80 Å². The molecule has 1 saturated heterocycles. The molecule has 2 heterocycles. The van der Waals surface area contributed by atoms with E-state index in [1.54, 1.807) is 24.3 Å². The third kappa shape index (κ3) is 8.11. The Labute approximate surface area is 335 Å². The number of aromatic nitrogens is 4. The van der Waals surface area contributed by atoms with Crippen molar-refractivity contribution in [3.8, 4) is 17.1 Å². The Bertz CT molecular complexity index is 2020. The molecular weight excluding hydrogens is 779 g/mol. The minimum Gasteiger partial charge on any atom is -0.497 e. The summed E-state index contributed by atoms with van der Waals surface area (Å²) in [6.45, 7) is 5.60. The van der Waals surface area contributed by atoms with E-state index >= 15 is 0 Å². The van der Waals surface area contributed by atoms with E-state index in [0.717, 1.165) is 38.5 Å². The molecule has 4 amide bonds. The van der Waals surface area contributed by atoms with Gasteiger partial charge in [0.2, 0.25) is 34.1 Å². The lowest BCUT2D eigenvalue weighted by atomic mass is 9.54. The van der Waals surface area contributed by atoms with Crippen molar-refractivity contribution in [1.29, 1.82) is 0 Å². The highest BCUT2D eigenvalue weighted by Crippen LogP contribution is 2.57. The number of methoxy groups -OCH3 is 1. The van der Waals surface area contributed by atoms with Crippen LogP contribution in [0.2, 0.25) is 0 Å². The van der Waals surface area contributed by atoms with Gasteiger partial charge in [-0.3, -0.25) is 19.1 Å². The van der Waals surface area contributed by atoms with Crippen LogP contribution in [-0.2, 0) is 29.1 Å². The molecule has 6 aliphatic carbocycles. The zero-order valence-corrected chi connectivity index (χ0v) is 34.0. The predicted molar refractivity (Wildman–Crippen MR) is 202 cm³/mol. The van der Waals surface area contributed by atoms with Gasteiger partial charge in [0.15, 0.2) is 0 Å². The SMILES string of the molecule is COc1ccc(-c2nnn([C@@H]3CC(C(=O)N[C@]4(C(=O)NS(=O)(=O)C5CC5)C[C@H]4C(F)F)N(C(=O)[C@H](CC(C)(C)C)NC(=O)OC45CC6CC(CC(C6)C4)C5)C3)n2)cc1. The summed E-state index contributed by atoms with van der Waals surface area (Å²) in [5.74, 6) is -2.02. The second-order valence-corrected chi connectivity index (χ2v) is 20.8. The molecule has 3 N–H and O–H groups in total. The van der Waals surface area contributed by atoms with Gasteiger partial charge in [-0.25, -0.2) is 22.0 Å². The van der Waals surface area contributed by atoms with Crippen molar-refractivity contribution in [2.24, 2.45) is 29.1 Å². The number of carbonyl (C=O) groups is 4. The number of likely N-dealkylation sites (tertiary alicyclic amines) is 1. The lowest BCUT2D eigenvalue weighted by Crippen LogP contribution is -2.59. The van der Waals surface area contributed by atoms with Crippen molar-refractivity contribution in [2.75, 3.05) is 13.7 Å².